The molecule has 0 amide bonds. The molecule has 0 saturated heterocycles. The summed E-state index contributed by atoms with van der Waals surface area (Å²) in [6, 6.07) is 19.9. The highest BCUT2D eigenvalue weighted by Crippen LogP contribution is 2.26. The van der Waals surface area contributed by atoms with Crippen LogP contribution in [0.25, 0.3) is 33.3 Å². The van der Waals surface area contributed by atoms with Crippen LogP contribution in [-0.2, 0) is 22.6 Å². The number of ether oxygens (including phenoxy) is 1. The Balaban J connectivity index is 1.34. The summed E-state index contributed by atoms with van der Waals surface area (Å²) in [5, 5.41) is 13.5. The summed E-state index contributed by atoms with van der Waals surface area (Å²) in [5.74, 6) is -0.287. The number of hydrogen-bond acceptors (Lipinski definition) is 7. The van der Waals surface area contributed by atoms with E-state index in [2.05, 4.69) is 26.7 Å². The lowest BCUT2D eigenvalue weighted by atomic mass is 10.1. The zero-order valence-electron chi connectivity index (χ0n) is 19.1. The van der Waals surface area contributed by atoms with Crippen molar-refractivity contribution in [3.63, 3.8) is 0 Å². The van der Waals surface area contributed by atoms with Gasteiger partial charge in [-0.1, -0.05) is 41.1 Å². The molecular formula is C26H23ClN6O2. The van der Waals surface area contributed by atoms with Gasteiger partial charge in [0, 0.05) is 42.2 Å². The van der Waals surface area contributed by atoms with E-state index in [1.54, 1.807) is 10.9 Å². The van der Waals surface area contributed by atoms with Crippen LogP contribution < -0.4 is 5.32 Å². The fourth-order valence-corrected chi connectivity index (χ4v) is 4.10. The van der Waals surface area contributed by atoms with E-state index < -0.39 is 0 Å². The Bertz CT molecular complexity index is 1520. The molecule has 2 aromatic carbocycles. The number of carbonyl (C=O) groups excluding carboxylic acids is 1. The lowest BCUT2D eigenvalue weighted by molar-refractivity contribution is -0.140. The first-order chi connectivity index (χ1) is 17.1. The van der Waals surface area contributed by atoms with Crippen molar-refractivity contribution in [1.29, 1.82) is 0 Å². The monoisotopic (exact) mass is 486 g/mol. The van der Waals surface area contributed by atoms with Crippen molar-refractivity contribution in [2.75, 3.05) is 13.2 Å². The topological polar surface area (TPSA) is 94.8 Å². The van der Waals surface area contributed by atoms with Gasteiger partial charge in [0.2, 0.25) is 0 Å². The fourth-order valence-electron chi connectivity index (χ4n) is 3.86. The second-order valence-corrected chi connectivity index (χ2v) is 8.55. The molecule has 9 heteroatoms. The van der Waals surface area contributed by atoms with Crippen LogP contribution in [0.2, 0.25) is 5.02 Å². The van der Waals surface area contributed by atoms with Crippen LogP contribution in [0.1, 0.15) is 18.1 Å². The van der Waals surface area contributed by atoms with Gasteiger partial charge < -0.3 is 10.1 Å². The molecule has 5 rings (SSSR count). The minimum absolute atomic E-state index is 0.287. The van der Waals surface area contributed by atoms with E-state index in [0.717, 1.165) is 38.8 Å². The number of benzene rings is 2. The number of halogens is 1. The largest absolute Gasteiger partial charge is 0.465 e. The number of nitrogens with zero attached hydrogens (tertiary/aromatic N) is 5. The summed E-state index contributed by atoms with van der Waals surface area (Å²) in [6.45, 7) is 3.40. The quantitative estimate of drug-likeness (QED) is 0.256. The summed E-state index contributed by atoms with van der Waals surface area (Å²) >= 11 is 6.54. The third-order valence-corrected chi connectivity index (χ3v) is 5.96. The molecule has 176 valence electrons. The molecule has 0 bridgehead atoms. The maximum Gasteiger partial charge on any atom is 0.302 e. The highest BCUT2D eigenvalue weighted by Gasteiger charge is 2.11. The van der Waals surface area contributed by atoms with Gasteiger partial charge in [0.05, 0.1) is 17.8 Å². The molecule has 0 aliphatic carbocycles. The number of pyridine rings is 2. The first-order valence-electron chi connectivity index (χ1n) is 11.2. The molecule has 3 heterocycles. The molecule has 0 unspecified atom stereocenters. The number of fused-ring (bicyclic) bond motifs is 2. The van der Waals surface area contributed by atoms with Gasteiger partial charge in [-0.3, -0.25) is 9.78 Å². The van der Waals surface area contributed by atoms with Gasteiger partial charge in [-0.25, -0.2) is 9.67 Å². The zero-order valence-corrected chi connectivity index (χ0v) is 19.9. The Morgan fingerprint density at radius 1 is 1.09 bits per heavy atom. The summed E-state index contributed by atoms with van der Waals surface area (Å²) in [5.41, 5.74) is 6.15. The van der Waals surface area contributed by atoms with Crippen molar-refractivity contribution >= 4 is 39.6 Å². The van der Waals surface area contributed by atoms with Crippen molar-refractivity contribution in [2.45, 2.75) is 20.0 Å². The number of aromatic nitrogens is 5. The maximum atomic E-state index is 10.8. The number of esters is 1. The van der Waals surface area contributed by atoms with E-state index >= 15 is 0 Å². The number of hydrogen-bond donors (Lipinski definition) is 1. The Morgan fingerprint density at radius 3 is 2.83 bits per heavy atom. The molecule has 0 fully saturated rings. The van der Waals surface area contributed by atoms with E-state index in [1.807, 2.05) is 54.6 Å². The Morgan fingerprint density at radius 2 is 1.97 bits per heavy atom. The molecule has 3 aromatic heterocycles. The molecular weight excluding hydrogens is 464 g/mol. The molecule has 0 aliphatic rings. The SMILES string of the molecule is CC(=O)OCCNCc1ccc(-c2ccc3nnn(Cc4ccc5ncccc5c4)c3n2)cc1Cl. The lowest BCUT2D eigenvalue weighted by Crippen LogP contribution is -2.20. The minimum Gasteiger partial charge on any atom is -0.465 e. The van der Waals surface area contributed by atoms with Crippen LogP contribution in [-0.4, -0.2) is 44.1 Å². The van der Waals surface area contributed by atoms with Crippen LogP contribution >= 0.6 is 11.6 Å². The highest BCUT2D eigenvalue weighted by atomic mass is 35.5. The van der Waals surface area contributed by atoms with E-state index in [0.29, 0.717) is 36.9 Å². The van der Waals surface area contributed by atoms with Gasteiger partial charge in [-0.2, -0.15) is 0 Å². The standard InChI is InChI=1S/C26H23ClN6O2/c1-17(34)35-12-11-28-15-21-6-5-20(14-22(21)27)24-8-9-25-26(30-24)33(32-31-25)16-18-4-7-23-19(13-18)3-2-10-29-23/h2-10,13-14,28H,11-12,15-16H2,1H3. The third kappa shape index (κ3) is 5.29. The second-order valence-electron chi connectivity index (χ2n) is 8.14. The average Bonchev–Trinajstić information content (AvgIpc) is 3.26. The first-order valence-corrected chi connectivity index (χ1v) is 11.6. The van der Waals surface area contributed by atoms with Crippen molar-refractivity contribution in [3.05, 3.63) is 83.0 Å². The Kier molecular flexibility index (Phi) is 6.65. The van der Waals surface area contributed by atoms with Crippen LogP contribution in [0, 0.1) is 0 Å². The van der Waals surface area contributed by atoms with E-state index in [9.17, 15) is 4.79 Å². The van der Waals surface area contributed by atoms with Gasteiger partial charge in [-0.15, -0.1) is 5.10 Å². The molecule has 35 heavy (non-hydrogen) atoms. The van der Waals surface area contributed by atoms with Gasteiger partial charge in [0.15, 0.2) is 5.65 Å². The van der Waals surface area contributed by atoms with E-state index in [4.69, 9.17) is 21.3 Å². The molecule has 0 atom stereocenters. The molecule has 0 radical (unpaired) electrons. The Hall–Kier alpha value is -3.88. The smallest absolute Gasteiger partial charge is 0.302 e. The van der Waals surface area contributed by atoms with Crippen molar-refractivity contribution in [1.82, 2.24) is 30.3 Å². The van der Waals surface area contributed by atoms with Crippen LogP contribution in [0.3, 0.4) is 0 Å². The van der Waals surface area contributed by atoms with Crippen LogP contribution in [0.4, 0.5) is 0 Å². The lowest BCUT2D eigenvalue weighted by Gasteiger charge is -2.09. The molecule has 0 spiro atoms. The predicted octanol–water partition coefficient (Wildman–Crippen LogP) is 4.40. The predicted molar refractivity (Wildman–Crippen MR) is 135 cm³/mol. The van der Waals surface area contributed by atoms with E-state index in [1.165, 1.54) is 6.92 Å². The van der Waals surface area contributed by atoms with Crippen LogP contribution in [0.5, 0.6) is 0 Å². The number of nitrogens with one attached hydrogen (secondary N) is 1. The zero-order chi connectivity index (χ0) is 24.2. The van der Waals surface area contributed by atoms with Gasteiger partial charge in [0.1, 0.15) is 12.1 Å². The van der Waals surface area contributed by atoms with Crippen molar-refractivity contribution in [3.8, 4) is 11.3 Å². The van der Waals surface area contributed by atoms with Crippen LogP contribution in [0.15, 0.2) is 66.9 Å². The average molecular weight is 487 g/mol. The number of rotatable bonds is 8. The van der Waals surface area contributed by atoms with Gasteiger partial charge >= 0.3 is 5.97 Å². The summed E-state index contributed by atoms with van der Waals surface area (Å²) < 4.78 is 6.73. The Labute approximate surface area is 206 Å². The fraction of sp³-hybridized carbons (Fsp3) is 0.192. The van der Waals surface area contributed by atoms with Gasteiger partial charge in [0.25, 0.3) is 0 Å². The third-order valence-electron chi connectivity index (χ3n) is 5.61. The molecule has 0 aliphatic heterocycles. The molecule has 8 nitrogen and oxygen atoms in total. The number of carbonyl (C=O) groups is 1. The maximum absolute atomic E-state index is 10.8. The summed E-state index contributed by atoms with van der Waals surface area (Å²) in [4.78, 5) is 20.1. The van der Waals surface area contributed by atoms with Crippen molar-refractivity contribution in [2.24, 2.45) is 0 Å². The highest BCUT2D eigenvalue weighted by molar-refractivity contribution is 6.31. The second kappa shape index (κ2) is 10.2. The minimum atomic E-state index is -0.287. The normalized spacial score (nSPS) is 11.3. The summed E-state index contributed by atoms with van der Waals surface area (Å²) in [6.07, 6.45) is 1.79. The van der Waals surface area contributed by atoms with Gasteiger partial charge in [-0.05, 0) is 47.5 Å². The first kappa shape index (κ1) is 22.9. The molecule has 1 N–H and O–H groups in total. The molecule has 5 aromatic rings. The molecule has 0 saturated carbocycles. The van der Waals surface area contributed by atoms with E-state index in [-0.39, 0.29) is 5.97 Å². The summed E-state index contributed by atoms with van der Waals surface area (Å²) in [7, 11) is 0. The van der Waals surface area contributed by atoms with Crippen molar-refractivity contribution < 1.29 is 9.53 Å².